The Morgan fingerprint density at radius 2 is 1.61 bits per heavy atom. The third kappa shape index (κ3) is 3.66. The molecule has 118 valence electrons. The number of nitrogen functional groups attached to an aromatic ring is 1. The summed E-state index contributed by atoms with van der Waals surface area (Å²) in [5, 5.41) is 12.0. The molecule has 0 bridgehead atoms. The van der Waals surface area contributed by atoms with Crippen molar-refractivity contribution in [2.75, 3.05) is 38.2 Å². The number of azo groups is 1. The van der Waals surface area contributed by atoms with Crippen LogP contribution in [0.1, 0.15) is 0 Å². The second-order valence-electron chi connectivity index (χ2n) is 5.64. The third-order valence-electron chi connectivity index (χ3n) is 3.78. The van der Waals surface area contributed by atoms with Crippen molar-refractivity contribution in [2.24, 2.45) is 10.2 Å². The molecule has 0 atom stereocenters. The Morgan fingerprint density at radius 1 is 1.00 bits per heavy atom. The molecular weight excluding hydrogens is 288 g/mol. The van der Waals surface area contributed by atoms with Gasteiger partial charge in [0.15, 0.2) is 0 Å². The normalized spacial score (nSPS) is 14.8. The van der Waals surface area contributed by atoms with Gasteiger partial charge in [-0.2, -0.15) is 0 Å². The second-order valence-corrected chi connectivity index (χ2v) is 5.64. The van der Waals surface area contributed by atoms with E-state index < -0.39 is 0 Å². The first-order valence-electron chi connectivity index (χ1n) is 7.55. The molecule has 1 heterocycles. The SMILES string of the molecule is CN1CC[N+](C)=C1N=Nc1ccc(Nc2ccc(N)cc2)cc1. The summed E-state index contributed by atoms with van der Waals surface area (Å²) >= 11 is 0. The molecule has 0 fully saturated rings. The minimum Gasteiger partial charge on any atom is -0.399 e. The second kappa shape index (κ2) is 6.48. The Labute approximate surface area is 136 Å². The van der Waals surface area contributed by atoms with Crippen LogP contribution in [-0.4, -0.2) is 42.6 Å². The fourth-order valence-corrected chi connectivity index (χ4v) is 2.39. The zero-order valence-electron chi connectivity index (χ0n) is 13.4. The number of hydrogen-bond donors (Lipinski definition) is 2. The van der Waals surface area contributed by atoms with E-state index in [9.17, 15) is 0 Å². The Bertz CT molecular complexity index is 731. The Hall–Kier alpha value is -2.89. The summed E-state index contributed by atoms with van der Waals surface area (Å²) in [4.78, 5) is 2.10. The lowest BCUT2D eigenvalue weighted by molar-refractivity contribution is -0.487. The van der Waals surface area contributed by atoms with Crippen LogP contribution < -0.4 is 11.1 Å². The maximum atomic E-state index is 5.69. The van der Waals surface area contributed by atoms with E-state index >= 15 is 0 Å². The van der Waals surface area contributed by atoms with Crippen LogP contribution in [-0.2, 0) is 0 Å². The standard InChI is InChI=1S/C17H20N6/c1-22-11-12-23(2)17(22)21-20-16-9-7-15(8-10-16)19-14-5-3-13(18)4-6-14/h3-10H,11-12H2,1-2H3,(H2,18,20)/p+1. The first kappa shape index (κ1) is 15.0. The molecule has 0 radical (unpaired) electrons. The molecule has 2 aromatic rings. The van der Waals surface area contributed by atoms with Gasteiger partial charge in [0.1, 0.15) is 5.69 Å². The van der Waals surface area contributed by atoms with Crippen LogP contribution in [0.2, 0.25) is 0 Å². The molecule has 0 saturated carbocycles. The van der Waals surface area contributed by atoms with Gasteiger partial charge in [0, 0.05) is 22.2 Å². The van der Waals surface area contributed by atoms with Crippen LogP contribution in [0.3, 0.4) is 0 Å². The number of rotatable bonds is 3. The molecule has 0 aromatic heterocycles. The summed E-state index contributed by atoms with van der Waals surface area (Å²) in [6.45, 7) is 1.96. The molecule has 2 aromatic carbocycles. The topological polar surface area (TPSA) is 69.0 Å². The lowest BCUT2D eigenvalue weighted by atomic mass is 10.2. The zero-order valence-corrected chi connectivity index (χ0v) is 13.4. The predicted octanol–water partition coefficient (Wildman–Crippen LogP) is 3.04. The average molecular weight is 309 g/mol. The van der Waals surface area contributed by atoms with Crippen LogP contribution in [0.4, 0.5) is 22.7 Å². The van der Waals surface area contributed by atoms with Gasteiger partial charge in [-0.1, -0.05) is 5.11 Å². The van der Waals surface area contributed by atoms with Crippen LogP contribution in [0.5, 0.6) is 0 Å². The summed E-state index contributed by atoms with van der Waals surface area (Å²) in [5.74, 6) is 0.897. The molecule has 0 spiro atoms. The highest BCUT2D eigenvalue weighted by atomic mass is 15.4. The fourth-order valence-electron chi connectivity index (χ4n) is 2.39. The molecule has 6 nitrogen and oxygen atoms in total. The molecule has 1 aliphatic rings. The molecule has 0 unspecified atom stereocenters. The Kier molecular flexibility index (Phi) is 4.23. The van der Waals surface area contributed by atoms with E-state index in [1.807, 2.05) is 62.6 Å². The molecule has 0 saturated heterocycles. The molecular formula is C17H21N6+. The number of guanidine groups is 1. The maximum absolute atomic E-state index is 5.69. The van der Waals surface area contributed by atoms with Gasteiger partial charge in [-0.25, -0.2) is 0 Å². The highest BCUT2D eigenvalue weighted by molar-refractivity contribution is 5.76. The minimum absolute atomic E-state index is 0.755. The molecule has 6 heteroatoms. The monoisotopic (exact) mass is 309 g/mol. The number of likely N-dealkylation sites (N-methyl/N-ethyl adjacent to an activating group) is 2. The Balaban J connectivity index is 1.67. The molecule has 23 heavy (non-hydrogen) atoms. The maximum Gasteiger partial charge on any atom is 0.412 e. The van der Waals surface area contributed by atoms with Crippen LogP contribution in [0.15, 0.2) is 58.8 Å². The van der Waals surface area contributed by atoms with Crippen molar-refractivity contribution in [3.8, 4) is 0 Å². The number of nitrogens with zero attached hydrogens (tertiary/aromatic N) is 4. The van der Waals surface area contributed by atoms with Crippen molar-refractivity contribution in [3.05, 3.63) is 48.5 Å². The van der Waals surface area contributed by atoms with Crippen molar-refractivity contribution in [1.29, 1.82) is 0 Å². The van der Waals surface area contributed by atoms with Gasteiger partial charge in [-0.15, -0.1) is 0 Å². The van der Waals surface area contributed by atoms with E-state index in [2.05, 4.69) is 25.0 Å². The van der Waals surface area contributed by atoms with E-state index in [0.29, 0.717) is 0 Å². The van der Waals surface area contributed by atoms with Crippen LogP contribution in [0.25, 0.3) is 0 Å². The highest BCUT2D eigenvalue weighted by Crippen LogP contribution is 2.21. The largest absolute Gasteiger partial charge is 0.412 e. The average Bonchev–Trinajstić information content (AvgIpc) is 2.88. The lowest BCUT2D eigenvalue weighted by Crippen LogP contribution is -2.22. The summed E-state index contributed by atoms with van der Waals surface area (Å²) in [6.07, 6.45) is 0. The van der Waals surface area contributed by atoms with E-state index in [0.717, 1.165) is 41.8 Å². The highest BCUT2D eigenvalue weighted by Gasteiger charge is 2.24. The van der Waals surface area contributed by atoms with E-state index in [1.54, 1.807) is 0 Å². The number of nitrogens with two attached hydrogens (primary N) is 1. The van der Waals surface area contributed by atoms with Crippen molar-refractivity contribution in [2.45, 2.75) is 0 Å². The van der Waals surface area contributed by atoms with Gasteiger partial charge >= 0.3 is 5.96 Å². The number of nitrogens with one attached hydrogen (secondary N) is 1. The molecule has 0 aliphatic carbocycles. The fraction of sp³-hybridized carbons (Fsp3) is 0.235. The van der Waals surface area contributed by atoms with E-state index in [-0.39, 0.29) is 0 Å². The third-order valence-corrected chi connectivity index (χ3v) is 3.78. The Morgan fingerprint density at radius 3 is 2.17 bits per heavy atom. The summed E-state index contributed by atoms with van der Waals surface area (Å²) < 4.78 is 2.10. The van der Waals surface area contributed by atoms with Gasteiger partial charge in [-0.3, -0.25) is 9.48 Å². The van der Waals surface area contributed by atoms with Crippen molar-refractivity contribution < 1.29 is 4.58 Å². The van der Waals surface area contributed by atoms with Crippen LogP contribution >= 0.6 is 0 Å². The number of hydrogen-bond acceptors (Lipinski definition) is 5. The first-order chi connectivity index (χ1) is 11.1. The molecule has 0 amide bonds. The molecule has 1 aliphatic heterocycles. The van der Waals surface area contributed by atoms with Gasteiger partial charge in [0.05, 0.1) is 27.2 Å². The van der Waals surface area contributed by atoms with Crippen LogP contribution in [0, 0.1) is 0 Å². The van der Waals surface area contributed by atoms with Crippen molar-refractivity contribution in [1.82, 2.24) is 4.90 Å². The van der Waals surface area contributed by atoms with E-state index in [4.69, 9.17) is 5.73 Å². The van der Waals surface area contributed by atoms with Gasteiger partial charge in [0.25, 0.3) is 0 Å². The summed E-state index contributed by atoms with van der Waals surface area (Å²) in [5.41, 5.74) is 9.26. The number of benzene rings is 2. The van der Waals surface area contributed by atoms with Gasteiger partial charge in [0.2, 0.25) is 0 Å². The smallest absolute Gasteiger partial charge is 0.399 e. The van der Waals surface area contributed by atoms with Gasteiger partial charge in [-0.05, 0) is 48.5 Å². The van der Waals surface area contributed by atoms with E-state index in [1.165, 1.54) is 0 Å². The van der Waals surface area contributed by atoms with Gasteiger partial charge < -0.3 is 11.1 Å². The summed E-state index contributed by atoms with van der Waals surface area (Å²) in [6, 6.07) is 15.5. The lowest BCUT2D eigenvalue weighted by Gasteiger charge is -2.06. The predicted molar refractivity (Wildman–Crippen MR) is 93.8 cm³/mol. The number of anilines is 3. The van der Waals surface area contributed by atoms with Crippen molar-refractivity contribution >= 4 is 28.7 Å². The minimum atomic E-state index is 0.755. The quantitative estimate of drug-likeness (QED) is 0.520. The molecule has 3 N–H and O–H groups in total. The summed E-state index contributed by atoms with van der Waals surface area (Å²) in [7, 11) is 4.05. The first-order valence-corrected chi connectivity index (χ1v) is 7.55. The molecule has 3 rings (SSSR count). The van der Waals surface area contributed by atoms with Crippen molar-refractivity contribution in [3.63, 3.8) is 0 Å². The zero-order chi connectivity index (χ0) is 16.2.